The summed E-state index contributed by atoms with van der Waals surface area (Å²) in [4.78, 5) is -0.370. The second kappa shape index (κ2) is 7.51. The smallest absolute Gasteiger partial charge is 0.870 e. The van der Waals surface area contributed by atoms with Crippen LogP contribution < -0.4 is 40.4 Å². The van der Waals surface area contributed by atoms with Crippen molar-refractivity contribution < 1.29 is 47.6 Å². The van der Waals surface area contributed by atoms with E-state index in [1.165, 1.54) is 18.2 Å². The van der Waals surface area contributed by atoms with Crippen LogP contribution in [0.3, 0.4) is 0 Å². The summed E-state index contributed by atoms with van der Waals surface area (Å²) in [7, 11) is -4.41. The Kier molecular flexibility index (Phi) is 5.81. The van der Waals surface area contributed by atoms with E-state index < -0.39 is 15.9 Å². The maximum atomic E-state index is 12.5. The molecule has 9 heteroatoms. The molecular weight excluding hydrogens is 353 g/mol. The van der Waals surface area contributed by atoms with Gasteiger partial charge >= 0.3 is 29.6 Å². The molecule has 3 aromatic rings. The maximum Gasteiger partial charge on any atom is 1.00 e. The molecule has 3 rings (SSSR count). The van der Waals surface area contributed by atoms with Crippen LogP contribution >= 0.6 is 0 Å². The zero-order valence-electron chi connectivity index (χ0n) is 13.2. The van der Waals surface area contributed by atoms with Crippen molar-refractivity contribution >= 4 is 38.0 Å². The Morgan fingerprint density at radius 3 is 2.32 bits per heavy atom. The molecule has 122 valence electrons. The van der Waals surface area contributed by atoms with Gasteiger partial charge in [0.2, 0.25) is 0 Å². The Labute approximate surface area is 166 Å². The van der Waals surface area contributed by atoms with E-state index in [1.54, 1.807) is 24.3 Å². The topological polar surface area (TPSA) is 128 Å². The first-order valence-corrected chi connectivity index (χ1v) is 8.28. The minimum Gasteiger partial charge on any atom is -0.870 e. The van der Waals surface area contributed by atoms with Gasteiger partial charge in [0.15, 0.2) is 0 Å². The van der Waals surface area contributed by atoms with E-state index in [-0.39, 0.29) is 51.2 Å². The summed E-state index contributed by atoms with van der Waals surface area (Å²) in [5.41, 5.74) is 6.40. The predicted octanol–water partition coefficient (Wildman–Crippen LogP) is 0.162. The summed E-state index contributed by atoms with van der Waals surface area (Å²) in [6, 6.07) is 14.0. The molecule has 3 aromatic carbocycles. The molecule has 0 heterocycles. The zero-order valence-corrected chi connectivity index (χ0v) is 16.1. The molecule has 7 nitrogen and oxygen atoms in total. The third-order valence-electron chi connectivity index (χ3n) is 3.38. The SMILES string of the molecule is Nc1cc(S(=O)(=O)O)cc2ccc(N=Nc3ccccc3)c([O-])c12.[Na+]. The Bertz CT molecular complexity index is 1050. The van der Waals surface area contributed by atoms with Crippen LogP contribution in [0.15, 0.2) is 69.7 Å². The number of nitrogen functional groups attached to an aromatic ring is 1. The number of hydrogen-bond acceptors (Lipinski definition) is 6. The summed E-state index contributed by atoms with van der Waals surface area (Å²) in [6.45, 7) is 0. The number of nitrogens with zero attached hydrogens (tertiary/aromatic N) is 2. The number of anilines is 1. The van der Waals surface area contributed by atoms with Crippen molar-refractivity contribution in [3.63, 3.8) is 0 Å². The van der Waals surface area contributed by atoms with Crippen LogP contribution in [0.1, 0.15) is 0 Å². The van der Waals surface area contributed by atoms with E-state index in [1.807, 2.05) is 6.07 Å². The van der Waals surface area contributed by atoms with Crippen LogP contribution in [0.25, 0.3) is 10.8 Å². The standard InChI is InChI=1S/C16H13N3O4S.Na/c17-13-9-12(24(21,22)23)8-10-6-7-14(16(20)15(10)13)19-18-11-4-2-1-3-5-11;/h1-9,20H,17H2,(H,21,22,23);/q;+1/p-1. The van der Waals surface area contributed by atoms with Gasteiger partial charge in [0.1, 0.15) is 0 Å². The van der Waals surface area contributed by atoms with Crippen LogP contribution in [-0.4, -0.2) is 13.0 Å². The molecule has 0 aliphatic rings. The molecule has 0 aliphatic heterocycles. The molecule has 0 aromatic heterocycles. The van der Waals surface area contributed by atoms with Gasteiger partial charge in [-0.1, -0.05) is 30.0 Å². The summed E-state index contributed by atoms with van der Waals surface area (Å²) >= 11 is 0. The normalized spacial score (nSPS) is 11.6. The van der Waals surface area contributed by atoms with Gasteiger partial charge in [-0.2, -0.15) is 18.6 Å². The van der Waals surface area contributed by atoms with Crippen molar-refractivity contribution in [2.24, 2.45) is 10.2 Å². The minimum absolute atomic E-state index is 0. The molecule has 0 amide bonds. The molecular formula is C16H12N3NaO4S. The van der Waals surface area contributed by atoms with Crippen LogP contribution in [0.5, 0.6) is 5.75 Å². The molecule has 3 N–H and O–H groups in total. The van der Waals surface area contributed by atoms with Gasteiger partial charge in [-0.15, -0.1) is 0 Å². The third kappa shape index (κ3) is 4.17. The molecule has 0 spiro atoms. The molecule has 0 aliphatic carbocycles. The molecule has 0 saturated carbocycles. The van der Waals surface area contributed by atoms with E-state index in [0.29, 0.717) is 11.1 Å². The van der Waals surface area contributed by atoms with E-state index in [9.17, 15) is 13.5 Å². The van der Waals surface area contributed by atoms with Crippen molar-refractivity contribution in [3.05, 3.63) is 54.6 Å². The summed E-state index contributed by atoms with van der Waals surface area (Å²) in [5.74, 6) is -0.466. The maximum absolute atomic E-state index is 12.5. The van der Waals surface area contributed by atoms with Gasteiger partial charge in [0, 0.05) is 5.69 Å². The number of rotatable bonds is 3. The van der Waals surface area contributed by atoms with E-state index in [0.717, 1.165) is 6.07 Å². The monoisotopic (exact) mass is 365 g/mol. The Morgan fingerprint density at radius 1 is 1.00 bits per heavy atom. The van der Waals surface area contributed by atoms with Crippen LogP contribution in [0, 0.1) is 0 Å². The first kappa shape index (κ1) is 19.4. The molecule has 0 atom stereocenters. The Hall–Kier alpha value is -1.97. The average Bonchev–Trinajstić information content (AvgIpc) is 2.54. The fourth-order valence-electron chi connectivity index (χ4n) is 2.26. The molecule has 0 bridgehead atoms. The Morgan fingerprint density at radius 2 is 1.68 bits per heavy atom. The zero-order chi connectivity index (χ0) is 17.3. The van der Waals surface area contributed by atoms with Gasteiger partial charge in [0.25, 0.3) is 10.1 Å². The van der Waals surface area contributed by atoms with Crippen LogP contribution in [-0.2, 0) is 10.1 Å². The fraction of sp³-hybridized carbons (Fsp3) is 0. The van der Waals surface area contributed by atoms with Crippen molar-refractivity contribution in [2.45, 2.75) is 4.90 Å². The molecule has 0 saturated heterocycles. The second-order valence-electron chi connectivity index (χ2n) is 5.04. The van der Waals surface area contributed by atoms with Gasteiger partial charge in [-0.25, -0.2) is 0 Å². The van der Waals surface area contributed by atoms with Gasteiger partial charge < -0.3 is 10.8 Å². The molecule has 25 heavy (non-hydrogen) atoms. The second-order valence-corrected chi connectivity index (χ2v) is 6.46. The number of benzene rings is 3. The first-order valence-electron chi connectivity index (χ1n) is 6.84. The molecule has 0 radical (unpaired) electrons. The summed E-state index contributed by atoms with van der Waals surface area (Å²) < 4.78 is 31.6. The van der Waals surface area contributed by atoms with Crippen LogP contribution in [0.2, 0.25) is 0 Å². The largest absolute Gasteiger partial charge is 1.00 e. The summed E-state index contributed by atoms with van der Waals surface area (Å²) in [6.07, 6.45) is 0. The van der Waals surface area contributed by atoms with E-state index in [4.69, 9.17) is 10.3 Å². The number of nitrogens with two attached hydrogens (primary N) is 1. The Balaban J connectivity index is 0.00000225. The van der Waals surface area contributed by atoms with Gasteiger partial charge in [-0.05, 0) is 41.1 Å². The van der Waals surface area contributed by atoms with E-state index in [2.05, 4.69) is 10.2 Å². The van der Waals surface area contributed by atoms with Crippen molar-refractivity contribution in [3.8, 4) is 5.75 Å². The number of hydrogen-bond donors (Lipinski definition) is 2. The summed E-state index contributed by atoms with van der Waals surface area (Å²) in [5, 5.41) is 20.8. The van der Waals surface area contributed by atoms with Crippen molar-refractivity contribution in [1.29, 1.82) is 0 Å². The number of fused-ring (bicyclic) bond motifs is 1. The van der Waals surface area contributed by atoms with Crippen molar-refractivity contribution in [2.75, 3.05) is 5.73 Å². The first-order chi connectivity index (χ1) is 11.4. The third-order valence-corrected chi connectivity index (χ3v) is 4.21. The number of azo groups is 1. The predicted molar refractivity (Wildman–Crippen MR) is 88.2 cm³/mol. The van der Waals surface area contributed by atoms with Crippen molar-refractivity contribution in [1.82, 2.24) is 0 Å². The molecule has 0 fully saturated rings. The van der Waals surface area contributed by atoms with Gasteiger partial charge in [-0.3, -0.25) is 4.55 Å². The van der Waals surface area contributed by atoms with Gasteiger partial charge in [0.05, 0.1) is 16.3 Å². The minimum atomic E-state index is -4.41. The average molecular weight is 365 g/mol. The quantitative estimate of drug-likeness (QED) is 0.296. The molecule has 0 unspecified atom stereocenters. The fourth-order valence-corrected chi connectivity index (χ4v) is 2.81. The van der Waals surface area contributed by atoms with E-state index >= 15 is 0 Å². The van der Waals surface area contributed by atoms with Crippen LogP contribution in [0.4, 0.5) is 17.1 Å².